The number of alkyl halides is 2. The first-order valence-corrected chi connectivity index (χ1v) is 7.11. The Labute approximate surface area is 120 Å². The summed E-state index contributed by atoms with van der Waals surface area (Å²) < 4.78 is -0.306. The molecule has 0 saturated carbocycles. The van der Waals surface area contributed by atoms with Crippen molar-refractivity contribution in [2.75, 3.05) is 0 Å². The third kappa shape index (κ3) is 2.02. The van der Waals surface area contributed by atoms with E-state index in [0.717, 1.165) is 5.56 Å². The summed E-state index contributed by atoms with van der Waals surface area (Å²) in [6, 6.07) is 18.5. The highest BCUT2D eigenvalue weighted by Crippen LogP contribution is 2.42. The molecule has 3 rings (SSSR count). The molecular weight excluding hydrogens is 308 g/mol. The van der Waals surface area contributed by atoms with Crippen LogP contribution in [0.25, 0.3) is 12.2 Å². The second kappa shape index (κ2) is 4.56. The van der Waals surface area contributed by atoms with Gasteiger partial charge in [-0.25, -0.2) is 0 Å². The standard InChI is InChI=1S/C16H12BrCl/c17-16(15(18)12-6-2-1-3-7-12)10-13-8-4-5-9-14(13)11-16/h1-11,15H. The predicted molar refractivity (Wildman–Crippen MR) is 81.3 cm³/mol. The molecule has 0 fully saturated rings. The molecular formula is C16H12BrCl. The zero-order chi connectivity index (χ0) is 12.6. The summed E-state index contributed by atoms with van der Waals surface area (Å²) in [7, 11) is 0. The van der Waals surface area contributed by atoms with Crippen molar-refractivity contribution in [2.45, 2.75) is 9.70 Å². The van der Waals surface area contributed by atoms with Gasteiger partial charge in [-0.05, 0) is 16.0 Å². The molecule has 1 atom stereocenters. The lowest BCUT2D eigenvalue weighted by Crippen LogP contribution is -2.19. The topological polar surface area (TPSA) is 0 Å². The molecule has 1 aliphatic rings. The van der Waals surface area contributed by atoms with E-state index in [4.69, 9.17) is 11.6 Å². The van der Waals surface area contributed by atoms with Gasteiger partial charge >= 0.3 is 0 Å². The highest BCUT2D eigenvalue weighted by Gasteiger charge is 2.33. The van der Waals surface area contributed by atoms with Gasteiger partial charge in [-0.1, -0.05) is 82.7 Å². The van der Waals surface area contributed by atoms with Crippen molar-refractivity contribution in [3.63, 3.8) is 0 Å². The Morgan fingerprint density at radius 3 is 1.89 bits per heavy atom. The van der Waals surface area contributed by atoms with E-state index in [0.29, 0.717) is 0 Å². The molecule has 0 N–H and O–H groups in total. The minimum atomic E-state index is -0.306. The molecule has 2 heteroatoms. The van der Waals surface area contributed by atoms with E-state index in [-0.39, 0.29) is 9.70 Å². The maximum absolute atomic E-state index is 6.63. The fourth-order valence-electron chi connectivity index (χ4n) is 2.32. The van der Waals surface area contributed by atoms with Gasteiger partial charge in [-0.3, -0.25) is 0 Å². The van der Waals surface area contributed by atoms with Gasteiger partial charge in [0.05, 0.1) is 9.70 Å². The monoisotopic (exact) mass is 318 g/mol. The normalized spacial score (nSPS) is 17.4. The third-order valence-electron chi connectivity index (χ3n) is 3.23. The molecule has 0 radical (unpaired) electrons. The summed E-state index contributed by atoms with van der Waals surface area (Å²) in [5, 5.41) is 2.35. The second-order valence-corrected chi connectivity index (χ2v) is 6.33. The highest BCUT2D eigenvalue weighted by atomic mass is 79.9. The minimum absolute atomic E-state index is 0.119. The number of halogens is 2. The van der Waals surface area contributed by atoms with E-state index in [1.807, 2.05) is 30.3 Å². The smallest absolute Gasteiger partial charge is 0.0838 e. The maximum atomic E-state index is 6.63. The Morgan fingerprint density at radius 2 is 1.33 bits per heavy atom. The van der Waals surface area contributed by atoms with Crippen LogP contribution in [0.5, 0.6) is 0 Å². The van der Waals surface area contributed by atoms with Crippen molar-refractivity contribution < 1.29 is 0 Å². The van der Waals surface area contributed by atoms with Gasteiger partial charge in [0.2, 0.25) is 0 Å². The number of hydrogen-bond acceptors (Lipinski definition) is 0. The van der Waals surface area contributed by atoms with Crippen LogP contribution in [0, 0.1) is 0 Å². The summed E-state index contributed by atoms with van der Waals surface area (Å²) >= 11 is 10.4. The van der Waals surface area contributed by atoms with E-state index in [1.54, 1.807) is 0 Å². The first-order chi connectivity index (χ1) is 8.69. The summed E-state index contributed by atoms with van der Waals surface area (Å²) in [4.78, 5) is 0. The zero-order valence-electron chi connectivity index (χ0n) is 9.68. The van der Waals surface area contributed by atoms with Crippen molar-refractivity contribution >= 4 is 39.7 Å². The van der Waals surface area contributed by atoms with Crippen LogP contribution in [0.4, 0.5) is 0 Å². The van der Waals surface area contributed by atoms with Gasteiger partial charge in [0.1, 0.15) is 0 Å². The Balaban J connectivity index is 2.06. The quantitative estimate of drug-likeness (QED) is 0.745. The molecule has 0 aliphatic heterocycles. The Kier molecular flexibility index (Phi) is 3.04. The molecule has 18 heavy (non-hydrogen) atoms. The molecule has 0 bridgehead atoms. The lowest BCUT2D eigenvalue weighted by atomic mass is 9.99. The van der Waals surface area contributed by atoms with E-state index in [9.17, 15) is 0 Å². The lowest BCUT2D eigenvalue weighted by molar-refractivity contribution is 0.923. The molecule has 1 unspecified atom stereocenters. The summed E-state index contributed by atoms with van der Waals surface area (Å²) in [5.41, 5.74) is 1.12. The summed E-state index contributed by atoms with van der Waals surface area (Å²) in [6.07, 6.45) is 4.38. The van der Waals surface area contributed by atoms with Crippen molar-refractivity contribution in [3.05, 3.63) is 70.6 Å². The molecule has 2 aromatic rings. The van der Waals surface area contributed by atoms with Crippen LogP contribution in [-0.4, -0.2) is 4.32 Å². The Morgan fingerprint density at radius 1 is 0.833 bits per heavy atom. The van der Waals surface area contributed by atoms with Crippen LogP contribution in [0.1, 0.15) is 10.9 Å². The number of benzene rings is 2. The van der Waals surface area contributed by atoms with Crippen LogP contribution in [0.15, 0.2) is 54.6 Å². The highest BCUT2D eigenvalue weighted by molar-refractivity contribution is 9.10. The predicted octanol–water partition coefficient (Wildman–Crippen LogP) is 3.38. The molecule has 90 valence electrons. The first-order valence-electron chi connectivity index (χ1n) is 5.88. The average molecular weight is 320 g/mol. The summed E-state index contributed by atoms with van der Waals surface area (Å²) in [5.74, 6) is 0. The van der Waals surface area contributed by atoms with E-state index in [2.05, 4.69) is 52.3 Å². The molecule has 0 nitrogen and oxygen atoms in total. The van der Waals surface area contributed by atoms with Crippen molar-refractivity contribution in [1.29, 1.82) is 0 Å². The molecule has 0 spiro atoms. The van der Waals surface area contributed by atoms with Crippen molar-refractivity contribution in [1.82, 2.24) is 0 Å². The largest absolute Gasteiger partial charge is 0.116 e. The average Bonchev–Trinajstić information content (AvgIpc) is 2.76. The van der Waals surface area contributed by atoms with Crippen LogP contribution >= 0.6 is 27.5 Å². The second-order valence-electron chi connectivity index (χ2n) is 4.52. The first kappa shape index (κ1) is 12.0. The Bertz CT molecular complexity index is 641. The van der Waals surface area contributed by atoms with Gasteiger partial charge in [0, 0.05) is 0 Å². The molecule has 0 heterocycles. The third-order valence-corrected chi connectivity index (χ3v) is 5.02. The SMILES string of the molecule is ClC(c1ccccc1)C1(Br)C=c2ccccc2=C1. The van der Waals surface area contributed by atoms with Gasteiger partial charge in [0.15, 0.2) is 0 Å². The van der Waals surface area contributed by atoms with Crippen LogP contribution in [0.3, 0.4) is 0 Å². The fraction of sp³-hybridized carbons (Fsp3) is 0.125. The van der Waals surface area contributed by atoms with Gasteiger partial charge in [-0.2, -0.15) is 0 Å². The van der Waals surface area contributed by atoms with E-state index >= 15 is 0 Å². The minimum Gasteiger partial charge on any atom is -0.116 e. The molecule has 2 aromatic carbocycles. The number of fused-ring (bicyclic) bond motifs is 1. The van der Waals surface area contributed by atoms with Crippen LogP contribution in [-0.2, 0) is 0 Å². The lowest BCUT2D eigenvalue weighted by Gasteiger charge is -2.24. The molecule has 0 saturated heterocycles. The fourth-order valence-corrected chi connectivity index (χ4v) is 3.34. The maximum Gasteiger partial charge on any atom is 0.0838 e. The van der Waals surface area contributed by atoms with Gasteiger partial charge < -0.3 is 0 Å². The van der Waals surface area contributed by atoms with E-state index in [1.165, 1.54) is 10.4 Å². The Hall–Kier alpha value is -1.05. The van der Waals surface area contributed by atoms with Crippen LogP contribution in [0.2, 0.25) is 0 Å². The molecule has 0 aromatic heterocycles. The van der Waals surface area contributed by atoms with Crippen molar-refractivity contribution in [3.8, 4) is 0 Å². The van der Waals surface area contributed by atoms with Crippen molar-refractivity contribution in [2.24, 2.45) is 0 Å². The summed E-state index contributed by atoms with van der Waals surface area (Å²) in [6.45, 7) is 0. The van der Waals surface area contributed by atoms with Crippen LogP contribution < -0.4 is 10.4 Å². The zero-order valence-corrected chi connectivity index (χ0v) is 12.0. The number of rotatable bonds is 2. The molecule has 1 aliphatic carbocycles. The van der Waals surface area contributed by atoms with Gasteiger partial charge in [0.25, 0.3) is 0 Å². The van der Waals surface area contributed by atoms with Gasteiger partial charge in [-0.15, -0.1) is 11.6 Å². The number of hydrogen-bond donors (Lipinski definition) is 0. The molecule has 0 amide bonds. The van der Waals surface area contributed by atoms with E-state index < -0.39 is 0 Å².